The number of nitrogens with zero attached hydrogens (tertiary/aromatic N) is 6. The second kappa shape index (κ2) is 7.63. The highest BCUT2D eigenvalue weighted by molar-refractivity contribution is 5.92. The van der Waals surface area contributed by atoms with Crippen molar-refractivity contribution in [2.45, 2.75) is 39.7 Å². The Hall–Kier alpha value is -2.44. The first-order valence-electron chi connectivity index (χ1n) is 8.88. The van der Waals surface area contributed by atoms with Crippen LogP contribution in [0.25, 0.3) is 0 Å². The van der Waals surface area contributed by atoms with E-state index in [1.807, 2.05) is 28.5 Å². The molecule has 0 atom stereocenters. The molecule has 3 heterocycles. The molecule has 2 aromatic rings. The van der Waals surface area contributed by atoms with E-state index in [1.54, 1.807) is 12.4 Å². The van der Waals surface area contributed by atoms with Crippen molar-refractivity contribution in [2.75, 3.05) is 31.6 Å². The zero-order chi connectivity index (χ0) is 17.8. The van der Waals surface area contributed by atoms with E-state index in [-0.39, 0.29) is 5.91 Å². The lowest BCUT2D eigenvalue weighted by Gasteiger charge is -2.19. The Labute approximate surface area is 148 Å². The van der Waals surface area contributed by atoms with Gasteiger partial charge in [-0.15, -0.1) is 0 Å². The number of aryl methyl sites for hydroxylation is 3. The van der Waals surface area contributed by atoms with Crippen molar-refractivity contribution >= 4 is 11.7 Å². The van der Waals surface area contributed by atoms with Crippen molar-refractivity contribution in [1.29, 1.82) is 0 Å². The van der Waals surface area contributed by atoms with E-state index in [9.17, 15) is 4.79 Å². The van der Waals surface area contributed by atoms with Gasteiger partial charge < -0.3 is 9.80 Å². The highest BCUT2D eigenvalue weighted by atomic mass is 16.2. The molecule has 0 aromatic carbocycles. The second-order valence-electron chi connectivity index (χ2n) is 6.69. The van der Waals surface area contributed by atoms with Crippen LogP contribution < -0.4 is 4.90 Å². The minimum Gasteiger partial charge on any atom is -0.358 e. The normalized spacial score (nSPS) is 14.1. The predicted octanol–water partition coefficient (Wildman–Crippen LogP) is 2.05. The lowest BCUT2D eigenvalue weighted by atomic mass is 10.3. The number of anilines is 1. The summed E-state index contributed by atoms with van der Waals surface area (Å²) in [5.74, 6) is 0.723. The van der Waals surface area contributed by atoms with Crippen LogP contribution in [0.15, 0.2) is 18.5 Å². The summed E-state index contributed by atoms with van der Waals surface area (Å²) in [4.78, 5) is 25.1. The zero-order valence-corrected chi connectivity index (χ0v) is 15.3. The van der Waals surface area contributed by atoms with E-state index in [0.717, 1.165) is 57.0 Å². The molecule has 7 heteroatoms. The number of rotatable bonds is 6. The van der Waals surface area contributed by atoms with Crippen molar-refractivity contribution in [3.05, 3.63) is 35.5 Å². The van der Waals surface area contributed by atoms with E-state index in [2.05, 4.69) is 28.1 Å². The van der Waals surface area contributed by atoms with Crippen LogP contribution in [0, 0.1) is 13.8 Å². The number of aromatic nitrogens is 4. The molecule has 0 unspecified atom stereocenters. The summed E-state index contributed by atoms with van der Waals surface area (Å²) in [6.07, 6.45) is 6.37. The SMILES string of the molecule is Cc1cc(C)n(CCCN(C)c2cncc(C(=O)N3CCCC3)n2)n1. The minimum absolute atomic E-state index is 0.0112. The molecule has 0 aliphatic carbocycles. The van der Waals surface area contributed by atoms with Gasteiger partial charge in [-0.25, -0.2) is 4.98 Å². The Bertz CT molecular complexity index is 735. The first-order chi connectivity index (χ1) is 12.0. The quantitative estimate of drug-likeness (QED) is 0.804. The number of hydrogen-bond acceptors (Lipinski definition) is 5. The summed E-state index contributed by atoms with van der Waals surface area (Å²) < 4.78 is 2.03. The largest absolute Gasteiger partial charge is 0.358 e. The smallest absolute Gasteiger partial charge is 0.274 e. The van der Waals surface area contributed by atoms with Crippen molar-refractivity contribution in [3.63, 3.8) is 0 Å². The first-order valence-corrected chi connectivity index (χ1v) is 8.88. The number of carbonyl (C=O) groups excluding carboxylic acids is 1. The Morgan fingerprint density at radius 2 is 2.00 bits per heavy atom. The average Bonchev–Trinajstić information content (AvgIpc) is 3.24. The second-order valence-corrected chi connectivity index (χ2v) is 6.69. The molecule has 0 N–H and O–H groups in total. The van der Waals surface area contributed by atoms with Crippen LogP contribution in [-0.2, 0) is 6.54 Å². The third kappa shape index (κ3) is 4.15. The molecule has 0 radical (unpaired) electrons. The number of carbonyl (C=O) groups is 1. The van der Waals surface area contributed by atoms with Gasteiger partial charge in [-0.1, -0.05) is 0 Å². The molecular formula is C18H26N6O. The van der Waals surface area contributed by atoms with Gasteiger partial charge in [0.2, 0.25) is 0 Å². The molecule has 1 saturated heterocycles. The number of likely N-dealkylation sites (tertiary alicyclic amines) is 1. The van der Waals surface area contributed by atoms with Gasteiger partial charge in [0.15, 0.2) is 0 Å². The van der Waals surface area contributed by atoms with Gasteiger partial charge in [-0.3, -0.25) is 14.5 Å². The molecule has 7 nitrogen and oxygen atoms in total. The summed E-state index contributed by atoms with van der Waals surface area (Å²) in [6.45, 7) is 7.42. The molecule has 0 bridgehead atoms. The van der Waals surface area contributed by atoms with E-state index in [4.69, 9.17) is 0 Å². The van der Waals surface area contributed by atoms with Crippen molar-refractivity contribution in [2.24, 2.45) is 0 Å². The minimum atomic E-state index is -0.0112. The van der Waals surface area contributed by atoms with Crippen molar-refractivity contribution in [3.8, 4) is 0 Å². The molecule has 1 fully saturated rings. The van der Waals surface area contributed by atoms with Crippen molar-refractivity contribution < 1.29 is 4.79 Å². The van der Waals surface area contributed by atoms with Gasteiger partial charge in [-0.05, 0) is 39.2 Å². The summed E-state index contributed by atoms with van der Waals surface area (Å²) >= 11 is 0. The van der Waals surface area contributed by atoms with Crippen LogP contribution in [0.5, 0.6) is 0 Å². The lowest BCUT2D eigenvalue weighted by molar-refractivity contribution is 0.0786. The predicted molar refractivity (Wildman–Crippen MR) is 96.8 cm³/mol. The van der Waals surface area contributed by atoms with Crippen LogP contribution in [0.2, 0.25) is 0 Å². The first kappa shape index (κ1) is 17.4. The molecule has 1 aliphatic heterocycles. The average molecular weight is 342 g/mol. The molecule has 3 rings (SSSR count). The van der Waals surface area contributed by atoms with Gasteiger partial charge in [0, 0.05) is 38.9 Å². The molecule has 2 aromatic heterocycles. The molecule has 1 aliphatic rings. The van der Waals surface area contributed by atoms with E-state index in [0.29, 0.717) is 5.69 Å². The molecule has 25 heavy (non-hydrogen) atoms. The van der Waals surface area contributed by atoms with Crippen LogP contribution in [-0.4, -0.2) is 57.2 Å². The topological polar surface area (TPSA) is 67.2 Å². The monoisotopic (exact) mass is 342 g/mol. The van der Waals surface area contributed by atoms with Gasteiger partial charge >= 0.3 is 0 Å². The Morgan fingerprint density at radius 3 is 2.68 bits per heavy atom. The molecule has 0 saturated carbocycles. The fourth-order valence-corrected chi connectivity index (χ4v) is 3.20. The Balaban J connectivity index is 1.58. The summed E-state index contributed by atoms with van der Waals surface area (Å²) in [6, 6.07) is 2.09. The number of hydrogen-bond donors (Lipinski definition) is 0. The van der Waals surface area contributed by atoms with Crippen molar-refractivity contribution in [1.82, 2.24) is 24.6 Å². The fraction of sp³-hybridized carbons (Fsp3) is 0.556. The third-order valence-corrected chi connectivity index (χ3v) is 4.59. The summed E-state index contributed by atoms with van der Waals surface area (Å²) in [5.41, 5.74) is 2.66. The van der Waals surface area contributed by atoms with Gasteiger partial charge in [0.25, 0.3) is 5.91 Å². The molecule has 0 spiro atoms. The maximum atomic E-state index is 12.5. The zero-order valence-electron chi connectivity index (χ0n) is 15.3. The van der Waals surface area contributed by atoms with Crippen LogP contribution in [0.4, 0.5) is 5.82 Å². The molecular weight excluding hydrogens is 316 g/mol. The standard InChI is InChI=1S/C18H26N6O/c1-14-11-15(2)24(21-14)10-6-7-22(3)17-13-19-12-16(20-17)18(25)23-8-4-5-9-23/h11-13H,4-10H2,1-3H3. The fourth-order valence-electron chi connectivity index (χ4n) is 3.20. The van der Waals surface area contributed by atoms with Gasteiger partial charge in [-0.2, -0.15) is 5.10 Å². The highest BCUT2D eigenvalue weighted by Crippen LogP contribution is 2.14. The van der Waals surface area contributed by atoms with Gasteiger partial charge in [0.05, 0.1) is 18.1 Å². The van der Waals surface area contributed by atoms with Gasteiger partial charge in [0.1, 0.15) is 11.5 Å². The van der Waals surface area contributed by atoms with Crippen LogP contribution >= 0.6 is 0 Å². The molecule has 134 valence electrons. The van der Waals surface area contributed by atoms with E-state index >= 15 is 0 Å². The third-order valence-electron chi connectivity index (χ3n) is 4.59. The van der Waals surface area contributed by atoms with E-state index < -0.39 is 0 Å². The maximum Gasteiger partial charge on any atom is 0.274 e. The number of amides is 1. The lowest BCUT2D eigenvalue weighted by Crippen LogP contribution is -2.29. The summed E-state index contributed by atoms with van der Waals surface area (Å²) in [7, 11) is 1.98. The maximum absolute atomic E-state index is 12.5. The van der Waals surface area contributed by atoms with Crippen LogP contribution in [0.1, 0.15) is 41.1 Å². The van der Waals surface area contributed by atoms with E-state index in [1.165, 1.54) is 5.69 Å². The molecule has 1 amide bonds. The van der Waals surface area contributed by atoms with Crippen LogP contribution in [0.3, 0.4) is 0 Å². The Morgan fingerprint density at radius 1 is 1.24 bits per heavy atom. The summed E-state index contributed by atoms with van der Waals surface area (Å²) in [5, 5.41) is 4.48. The highest BCUT2D eigenvalue weighted by Gasteiger charge is 2.21. The Kier molecular flexibility index (Phi) is 5.31.